The van der Waals surface area contributed by atoms with E-state index in [-0.39, 0.29) is 24.0 Å². The molecule has 0 aliphatic heterocycles. The molecule has 0 aromatic heterocycles. The number of rotatable bonds is 10. The number of hydrogen-bond donors (Lipinski definition) is 2. The maximum absolute atomic E-state index is 6.28. The first-order chi connectivity index (χ1) is 12.1. The molecule has 0 amide bonds. The molecule has 26 heavy (non-hydrogen) atoms. The van der Waals surface area contributed by atoms with E-state index in [1.807, 2.05) is 25.1 Å². The summed E-state index contributed by atoms with van der Waals surface area (Å²) >= 11 is 6.28. The van der Waals surface area contributed by atoms with Crippen LogP contribution < -0.4 is 15.4 Å². The van der Waals surface area contributed by atoms with Crippen LogP contribution in [0.25, 0.3) is 0 Å². The van der Waals surface area contributed by atoms with Crippen LogP contribution in [0.15, 0.2) is 23.2 Å². The highest BCUT2D eigenvalue weighted by Crippen LogP contribution is 2.48. The minimum absolute atomic E-state index is 0. The van der Waals surface area contributed by atoms with Gasteiger partial charge in [0.1, 0.15) is 5.75 Å². The lowest BCUT2D eigenvalue weighted by atomic mass is 10.0. The summed E-state index contributed by atoms with van der Waals surface area (Å²) in [5.41, 5.74) is 1.49. The number of hydrogen-bond acceptors (Lipinski definition) is 3. The van der Waals surface area contributed by atoms with E-state index < -0.39 is 0 Å². The van der Waals surface area contributed by atoms with Crippen molar-refractivity contribution in [2.75, 3.05) is 40.5 Å². The first-order valence-electron chi connectivity index (χ1n) is 8.97. The Morgan fingerprint density at radius 1 is 1.31 bits per heavy atom. The van der Waals surface area contributed by atoms with Crippen LogP contribution in [0.2, 0.25) is 5.02 Å². The van der Waals surface area contributed by atoms with Crippen LogP contribution in [-0.2, 0) is 11.2 Å². The molecule has 2 rings (SSSR count). The molecule has 7 heteroatoms. The summed E-state index contributed by atoms with van der Waals surface area (Å²) in [7, 11) is 3.44. The highest BCUT2D eigenvalue weighted by atomic mass is 127. The number of aliphatic imine (C=N–C) groups is 1. The van der Waals surface area contributed by atoms with Gasteiger partial charge in [-0.1, -0.05) is 17.7 Å². The summed E-state index contributed by atoms with van der Waals surface area (Å²) in [5.74, 6) is 1.62. The molecule has 148 valence electrons. The van der Waals surface area contributed by atoms with Crippen LogP contribution in [0, 0.1) is 5.41 Å². The third-order valence-electron chi connectivity index (χ3n) is 4.74. The van der Waals surface area contributed by atoms with Gasteiger partial charge in [-0.25, -0.2) is 0 Å². The molecule has 0 spiro atoms. The topological polar surface area (TPSA) is 54.9 Å². The largest absolute Gasteiger partial charge is 0.497 e. The lowest BCUT2D eigenvalue weighted by Crippen LogP contribution is -2.41. The van der Waals surface area contributed by atoms with E-state index in [0.29, 0.717) is 5.41 Å². The summed E-state index contributed by atoms with van der Waals surface area (Å²) in [6.45, 7) is 5.40. The van der Waals surface area contributed by atoms with E-state index in [2.05, 4.69) is 15.6 Å². The molecule has 1 aliphatic rings. The maximum atomic E-state index is 6.28. The number of guanidine groups is 1. The van der Waals surface area contributed by atoms with E-state index in [1.54, 1.807) is 14.2 Å². The molecule has 0 unspecified atom stereocenters. The molecule has 1 fully saturated rings. The van der Waals surface area contributed by atoms with Crippen LogP contribution in [0.5, 0.6) is 5.75 Å². The molecule has 1 aromatic carbocycles. The van der Waals surface area contributed by atoms with Gasteiger partial charge in [-0.15, -0.1) is 24.0 Å². The summed E-state index contributed by atoms with van der Waals surface area (Å²) in [4.78, 5) is 4.31. The van der Waals surface area contributed by atoms with Gasteiger partial charge in [0, 0.05) is 38.4 Å². The summed E-state index contributed by atoms with van der Waals surface area (Å²) in [5, 5.41) is 7.54. The zero-order chi connectivity index (χ0) is 18.1. The third-order valence-corrected chi connectivity index (χ3v) is 5.09. The second-order valence-electron chi connectivity index (χ2n) is 6.51. The van der Waals surface area contributed by atoms with Gasteiger partial charge in [0.15, 0.2) is 5.96 Å². The number of nitrogens with one attached hydrogen (secondary N) is 2. The predicted octanol–water partition coefficient (Wildman–Crippen LogP) is 3.88. The van der Waals surface area contributed by atoms with Crippen molar-refractivity contribution in [1.29, 1.82) is 0 Å². The number of benzene rings is 1. The van der Waals surface area contributed by atoms with Crippen molar-refractivity contribution in [2.24, 2.45) is 10.4 Å². The van der Waals surface area contributed by atoms with Crippen molar-refractivity contribution in [2.45, 2.75) is 32.6 Å². The molecule has 1 aromatic rings. The smallest absolute Gasteiger partial charge is 0.191 e. The van der Waals surface area contributed by atoms with Gasteiger partial charge in [0.25, 0.3) is 0 Å². The molecule has 1 saturated carbocycles. The first-order valence-corrected chi connectivity index (χ1v) is 9.35. The molecule has 5 nitrogen and oxygen atoms in total. The average Bonchev–Trinajstić information content (AvgIpc) is 3.39. The van der Waals surface area contributed by atoms with Gasteiger partial charge in [0.05, 0.1) is 7.11 Å². The number of nitrogens with zero attached hydrogens (tertiary/aromatic N) is 1. The second-order valence-corrected chi connectivity index (χ2v) is 6.91. The molecule has 0 saturated heterocycles. The summed E-state index contributed by atoms with van der Waals surface area (Å²) < 4.78 is 10.7. The van der Waals surface area contributed by atoms with Gasteiger partial charge in [-0.2, -0.15) is 0 Å². The van der Waals surface area contributed by atoms with Gasteiger partial charge in [0.2, 0.25) is 0 Å². The van der Waals surface area contributed by atoms with Gasteiger partial charge in [-0.05, 0) is 55.7 Å². The van der Waals surface area contributed by atoms with Crippen LogP contribution >= 0.6 is 35.6 Å². The lowest BCUT2D eigenvalue weighted by molar-refractivity contribution is 0.128. The van der Waals surface area contributed by atoms with Crippen molar-refractivity contribution < 1.29 is 9.47 Å². The summed E-state index contributed by atoms with van der Waals surface area (Å²) in [6, 6.07) is 5.79. The fourth-order valence-corrected chi connectivity index (χ4v) is 3.06. The fraction of sp³-hybridized carbons (Fsp3) is 0.632. The highest BCUT2D eigenvalue weighted by molar-refractivity contribution is 14.0. The van der Waals surface area contributed by atoms with Crippen molar-refractivity contribution in [3.8, 4) is 5.75 Å². The molecular formula is C19H31ClIN3O2. The zero-order valence-electron chi connectivity index (χ0n) is 15.9. The Balaban J connectivity index is 0.00000338. The number of methoxy groups -OCH3 is 1. The molecule has 2 N–H and O–H groups in total. The Morgan fingerprint density at radius 3 is 2.65 bits per heavy atom. The van der Waals surface area contributed by atoms with Crippen LogP contribution in [-0.4, -0.2) is 46.4 Å². The number of halogens is 2. The predicted molar refractivity (Wildman–Crippen MR) is 119 cm³/mol. The van der Waals surface area contributed by atoms with Crippen molar-refractivity contribution in [3.63, 3.8) is 0 Å². The lowest BCUT2D eigenvalue weighted by Gasteiger charge is -2.18. The zero-order valence-corrected chi connectivity index (χ0v) is 19.0. The molecule has 0 atom stereocenters. The molecule has 0 radical (unpaired) electrons. The van der Waals surface area contributed by atoms with Gasteiger partial charge in [-0.3, -0.25) is 4.99 Å². The van der Waals surface area contributed by atoms with E-state index in [4.69, 9.17) is 21.1 Å². The van der Waals surface area contributed by atoms with Crippen molar-refractivity contribution in [1.82, 2.24) is 10.6 Å². The summed E-state index contributed by atoms with van der Waals surface area (Å²) in [6.07, 6.45) is 4.49. The average molecular weight is 496 g/mol. The third kappa shape index (κ3) is 7.48. The Kier molecular flexibility index (Phi) is 10.6. The minimum Gasteiger partial charge on any atom is -0.497 e. The van der Waals surface area contributed by atoms with E-state index in [1.165, 1.54) is 12.8 Å². The quantitative estimate of drug-likeness (QED) is 0.224. The van der Waals surface area contributed by atoms with Crippen LogP contribution in [0.3, 0.4) is 0 Å². The molecule has 0 heterocycles. The van der Waals surface area contributed by atoms with E-state index in [9.17, 15) is 0 Å². The van der Waals surface area contributed by atoms with Crippen LogP contribution in [0.4, 0.5) is 0 Å². The van der Waals surface area contributed by atoms with Crippen LogP contribution in [0.1, 0.15) is 31.7 Å². The second kappa shape index (κ2) is 11.9. The standard InChI is InChI=1S/C19H30ClN3O2.HI/c1-4-25-12-10-19(8-9-19)14-23-18(21-2)22-11-7-15-5-6-16(24-3)13-17(15)20;/h5-6,13H,4,7-12,14H2,1-3H3,(H2,21,22,23);1H. The Bertz CT molecular complexity index is 580. The Hall–Kier alpha value is -0.730. The first kappa shape index (κ1) is 23.3. The fourth-order valence-electron chi connectivity index (χ4n) is 2.79. The van der Waals surface area contributed by atoms with E-state index >= 15 is 0 Å². The van der Waals surface area contributed by atoms with E-state index in [0.717, 1.165) is 61.4 Å². The maximum Gasteiger partial charge on any atom is 0.191 e. The van der Waals surface area contributed by atoms with Gasteiger partial charge >= 0.3 is 0 Å². The minimum atomic E-state index is 0. The SMILES string of the molecule is CCOCCC1(CNC(=NC)NCCc2ccc(OC)cc2Cl)CC1.I. The van der Waals surface area contributed by atoms with Crippen molar-refractivity contribution >= 4 is 41.5 Å². The molecule has 0 bridgehead atoms. The van der Waals surface area contributed by atoms with Crippen molar-refractivity contribution in [3.05, 3.63) is 28.8 Å². The molecular weight excluding hydrogens is 465 g/mol. The Labute approximate surface area is 179 Å². The van der Waals surface area contributed by atoms with Gasteiger partial charge < -0.3 is 20.1 Å². The normalized spacial score (nSPS) is 15.2. The highest BCUT2D eigenvalue weighted by Gasteiger charge is 2.41. The Morgan fingerprint density at radius 2 is 2.08 bits per heavy atom. The molecule has 1 aliphatic carbocycles. The monoisotopic (exact) mass is 495 g/mol. The number of ether oxygens (including phenoxy) is 2.